The van der Waals surface area contributed by atoms with Gasteiger partial charge in [0.1, 0.15) is 13.2 Å². The van der Waals surface area contributed by atoms with Crippen LogP contribution in [0, 0.1) is 0 Å². The molecule has 0 aliphatic heterocycles. The van der Waals surface area contributed by atoms with Crippen LogP contribution in [0.3, 0.4) is 0 Å². The Bertz CT molecular complexity index is 926. The molecular formula is C16H15F4NO8S. The van der Waals surface area contributed by atoms with E-state index in [1.54, 1.807) is 0 Å². The molecule has 0 heterocycles. The summed E-state index contributed by atoms with van der Waals surface area (Å²) in [7, 11) is -6.08. The van der Waals surface area contributed by atoms with Crippen molar-refractivity contribution in [3.05, 3.63) is 48.0 Å². The molecule has 1 rings (SSSR count). The molecule has 0 radical (unpaired) electrons. The zero-order valence-corrected chi connectivity index (χ0v) is 16.0. The van der Waals surface area contributed by atoms with Crippen LogP contribution < -0.4 is 0 Å². The summed E-state index contributed by atoms with van der Waals surface area (Å²) in [4.78, 5) is 22.5. The molecule has 0 aromatic heterocycles. The molecule has 0 bridgehead atoms. The van der Waals surface area contributed by atoms with Gasteiger partial charge in [0, 0.05) is 11.1 Å². The zero-order valence-electron chi connectivity index (χ0n) is 15.2. The summed E-state index contributed by atoms with van der Waals surface area (Å²) in [6, 6.07) is 5.53. The Morgan fingerprint density at radius 2 is 1.63 bits per heavy atom. The lowest BCUT2D eigenvalue weighted by Gasteiger charge is -2.16. The normalized spacial score (nSPS) is 14.4. The van der Waals surface area contributed by atoms with E-state index in [1.807, 2.05) is 0 Å². The van der Waals surface area contributed by atoms with Crippen LogP contribution in [-0.2, 0) is 33.5 Å². The van der Waals surface area contributed by atoms with Gasteiger partial charge in [-0.3, -0.25) is 4.28 Å². The Morgan fingerprint density at radius 1 is 1.10 bits per heavy atom. The van der Waals surface area contributed by atoms with E-state index in [9.17, 15) is 40.7 Å². The summed E-state index contributed by atoms with van der Waals surface area (Å²) in [5, 5.41) is 6.71. The number of alkyl halides is 4. The number of rotatable bonds is 9. The van der Waals surface area contributed by atoms with Crippen molar-refractivity contribution in [3.63, 3.8) is 0 Å². The maximum Gasteiger partial charge on any atom is 0.444 e. The highest BCUT2D eigenvalue weighted by molar-refractivity contribution is 7.88. The van der Waals surface area contributed by atoms with Gasteiger partial charge in [-0.05, 0) is 6.92 Å². The van der Waals surface area contributed by atoms with Crippen molar-refractivity contribution in [3.8, 4) is 0 Å². The van der Waals surface area contributed by atoms with E-state index in [0.717, 1.165) is 12.1 Å². The van der Waals surface area contributed by atoms with Crippen LogP contribution in [-0.4, -0.2) is 55.8 Å². The number of hydrogen-bond acceptors (Lipinski definition) is 9. The molecule has 0 aliphatic carbocycles. The predicted octanol–water partition coefficient (Wildman–Crippen LogP) is 1.58. The van der Waals surface area contributed by atoms with Gasteiger partial charge in [-0.1, -0.05) is 42.1 Å². The van der Waals surface area contributed by atoms with E-state index < -0.39 is 57.9 Å². The minimum Gasteiger partial charge on any atom is -0.459 e. The van der Waals surface area contributed by atoms with Gasteiger partial charge < -0.3 is 14.6 Å². The first-order chi connectivity index (χ1) is 13.7. The predicted molar refractivity (Wildman–Crippen MR) is 91.8 cm³/mol. The molecule has 1 atom stereocenters. The number of carbonyl (C=O) groups is 2. The quantitative estimate of drug-likeness (QED) is 0.148. The third-order valence-electron chi connectivity index (χ3n) is 3.02. The molecule has 0 aliphatic rings. The number of halogens is 4. The van der Waals surface area contributed by atoms with Crippen LogP contribution >= 0.6 is 0 Å². The maximum absolute atomic E-state index is 14.0. The maximum atomic E-state index is 14.0. The molecule has 30 heavy (non-hydrogen) atoms. The summed E-state index contributed by atoms with van der Waals surface area (Å²) >= 11 is 0. The Morgan fingerprint density at radius 3 is 2.13 bits per heavy atom. The number of nitrogens with zero attached hydrogens (tertiary/aromatic N) is 1. The second kappa shape index (κ2) is 9.67. The molecule has 0 saturated carbocycles. The van der Waals surface area contributed by atoms with Crippen molar-refractivity contribution < 1.29 is 54.4 Å². The average molecular weight is 457 g/mol. The summed E-state index contributed by atoms with van der Waals surface area (Å²) in [5.41, 5.74) is -2.52. The van der Waals surface area contributed by atoms with Crippen molar-refractivity contribution in [1.82, 2.24) is 0 Å². The van der Waals surface area contributed by atoms with Crippen molar-refractivity contribution in [2.75, 3.05) is 13.2 Å². The average Bonchev–Trinajstić information content (AvgIpc) is 2.64. The SMILES string of the molecule is C=C(C)C(=O)OCCOC(=O)C(O)(F)S(=O)(=O)O/N=C(\c1ccccc1)C(F)(F)F. The molecule has 14 heteroatoms. The molecule has 0 spiro atoms. The van der Waals surface area contributed by atoms with E-state index in [2.05, 4.69) is 25.5 Å². The van der Waals surface area contributed by atoms with Crippen LogP contribution in [0.1, 0.15) is 12.5 Å². The van der Waals surface area contributed by atoms with Crippen molar-refractivity contribution in [2.24, 2.45) is 5.16 Å². The van der Waals surface area contributed by atoms with Crippen LogP contribution in [0.25, 0.3) is 0 Å². The first kappa shape index (κ1) is 25.0. The van der Waals surface area contributed by atoms with Crippen LogP contribution in [0.15, 0.2) is 47.6 Å². The third kappa shape index (κ3) is 6.52. The molecule has 1 aromatic rings. The molecule has 1 N–H and O–H groups in total. The monoisotopic (exact) mass is 457 g/mol. The molecular weight excluding hydrogens is 442 g/mol. The molecule has 0 saturated heterocycles. The Labute approximate surface area is 167 Å². The number of aliphatic hydroxyl groups is 1. The van der Waals surface area contributed by atoms with E-state index in [4.69, 9.17) is 0 Å². The summed E-state index contributed by atoms with van der Waals surface area (Å²) < 4.78 is 88.6. The number of hydrogen-bond donors (Lipinski definition) is 1. The summed E-state index contributed by atoms with van der Waals surface area (Å²) in [6.07, 6.45) is -5.22. The summed E-state index contributed by atoms with van der Waals surface area (Å²) in [6.45, 7) is 3.00. The van der Waals surface area contributed by atoms with Gasteiger partial charge in [-0.25, -0.2) is 9.59 Å². The molecule has 1 aromatic carbocycles. The molecule has 0 amide bonds. The van der Waals surface area contributed by atoms with Crippen molar-refractivity contribution in [1.29, 1.82) is 0 Å². The van der Waals surface area contributed by atoms with Gasteiger partial charge >= 0.3 is 33.4 Å². The van der Waals surface area contributed by atoms with Crippen molar-refractivity contribution in [2.45, 2.75) is 18.3 Å². The first-order valence-electron chi connectivity index (χ1n) is 7.75. The van der Waals surface area contributed by atoms with Gasteiger partial charge in [0.05, 0.1) is 0 Å². The molecule has 166 valence electrons. The second-order valence-corrected chi connectivity index (χ2v) is 7.04. The minimum absolute atomic E-state index is 0.0175. The minimum atomic E-state index is -6.08. The Kier molecular flexibility index (Phi) is 8.07. The topological polar surface area (TPSA) is 129 Å². The van der Waals surface area contributed by atoms with Gasteiger partial charge in [-0.15, -0.1) is 0 Å². The van der Waals surface area contributed by atoms with Gasteiger partial charge in [0.2, 0.25) is 0 Å². The smallest absolute Gasteiger partial charge is 0.444 e. The van der Waals surface area contributed by atoms with Gasteiger partial charge in [0.15, 0.2) is 5.71 Å². The summed E-state index contributed by atoms with van der Waals surface area (Å²) in [5.74, 6) is -3.34. The fourth-order valence-electron chi connectivity index (χ4n) is 1.58. The largest absolute Gasteiger partial charge is 0.459 e. The van der Waals surface area contributed by atoms with E-state index in [-0.39, 0.29) is 5.57 Å². The number of ether oxygens (including phenoxy) is 2. The second-order valence-electron chi connectivity index (χ2n) is 5.45. The molecule has 0 fully saturated rings. The molecule has 1 unspecified atom stereocenters. The highest BCUT2D eigenvalue weighted by Gasteiger charge is 2.55. The van der Waals surface area contributed by atoms with E-state index in [1.165, 1.54) is 25.1 Å². The van der Waals surface area contributed by atoms with Crippen molar-refractivity contribution >= 4 is 27.8 Å². The lowest BCUT2D eigenvalue weighted by atomic mass is 10.1. The number of benzene rings is 1. The van der Waals surface area contributed by atoms with Gasteiger partial charge in [-0.2, -0.15) is 26.0 Å². The Hall–Kier alpha value is -3.00. The Balaban J connectivity index is 2.91. The zero-order chi connectivity index (χ0) is 23.2. The van der Waals surface area contributed by atoms with E-state index >= 15 is 0 Å². The number of esters is 2. The lowest BCUT2D eigenvalue weighted by Crippen LogP contribution is -2.44. The van der Waals surface area contributed by atoms with Crippen LogP contribution in [0.4, 0.5) is 17.6 Å². The highest BCUT2D eigenvalue weighted by atomic mass is 32.2. The highest BCUT2D eigenvalue weighted by Crippen LogP contribution is 2.25. The number of carbonyl (C=O) groups excluding carboxylic acids is 2. The fraction of sp³-hybridized carbons (Fsp3) is 0.312. The third-order valence-corrected chi connectivity index (χ3v) is 4.12. The fourth-order valence-corrected chi connectivity index (χ4v) is 2.12. The molecule has 9 nitrogen and oxygen atoms in total. The van der Waals surface area contributed by atoms with Gasteiger partial charge in [0.25, 0.3) is 0 Å². The first-order valence-corrected chi connectivity index (χ1v) is 9.16. The standard InChI is InChI=1S/C16H15F4NO8S/c1-10(2)13(22)27-8-9-28-14(23)16(20,24)30(25,26)29-21-12(15(17,18)19)11-6-4-3-5-7-11/h3-7,24H,1,8-9H2,2H3/b21-12+. The van der Waals surface area contributed by atoms with Crippen LogP contribution in [0.2, 0.25) is 0 Å². The lowest BCUT2D eigenvalue weighted by molar-refractivity contribution is -0.173. The number of oxime groups is 1. The van der Waals surface area contributed by atoms with E-state index in [0.29, 0.717) is 0 Å². The van der Waals surface area contributed by atoms with Crippen LogP contribution in [0.5, 0.6) is 0 Å².